The lowest BCUT2D eigenvalue weighted by Gasteiger charge is -2.22. The van der Waals surface area contributed by atoms with E-state index in [1.165, 1.54) is 6.92 Å². The van der Waals surface area contributed by atoms with Gasteiger partial charge in [-0.15, -0.1) is 0 Å². The minimum Gasteiger partial charge on any atom is -0.444 e. The first-order valence-electron chi connectivity index (χ1n) is 5.97. The fourth-order valence-corrected chi connectivity index (χ4v) is 1.64. The molecule has 0 radical (unpaired) electrons. The molecule has 0 aromatic carbocycles. The van der Waals surface area contributed by atoms with E-state index in [4.69, 9.17) is 4.74 Å². The topological polar surface area (TPSA) is 58.6 Å². The van der Waals surface area contributed by atoms with Crippen LogP contribution in [0.4, 0.5) is 4.79 Å². The quantitative estimate of drug-likeness (QED) is 0.802. The molecule has 0 aliphatic heterocycles. The van der Waals surface area contributed by atoms with Crippen LogP contribution in [0.15, 0.2) is 0 Å². The van der Waals surface area contributed by atoms with Gasteiger partial charge in [0.25, 0.3) is 0 Å². The Balaban J connectivity index is 3.92. The molecule has 1 N–H and O–H groups in total. The van der Waals surface area contributed by atoms with Crippen molar-refractivity contribution in [2.45, 2.75) is 33.3 Å². The molecule has 0 spiro atoms. The Morgan fingerprint density at radius 3 is 2.33 bits per heavy atom. The van der Waals surface area contributed by atoms with Crippen molar-refractivity contribution < 1.29 is 14.3 Å². The highest BCUT2D eigenvalue weighted by atomic mass is 32.2. The third-order valence-electron chi connectivity index (χ3n) is 2.06. The van der Waals surface area contributed by atoms with Crippen molar-refractivity contribution >= 4 is 23.8 Å². The normalized spacial score (nSPS) is 10.9. The highest BCUT2D eigenvalue weighted by Crippen LogP contribution is 2.06. The number of ether oxygens (including phenoxy) is 1. The van der Waals surface area contributed by atoms with Gasteiger partial charge < -0.3 is 15.0 Å². The third-order valence-corrected chi connectivity index (χ3v) is 2.65. The highest BCUT2D eigenvalue weighted by Gasteiger charge is 2.16. The molecule has 0 saturated heterocycles. The monoisotopic (exact) mass is 276 g/mol. The van der Waals surface area contributed by atoms with Gasteiger partial charge in [-0.25, -0.2) is 4.79 Å². The number of hydrogen-bond acceptors (Lipinski definition) is 4. The predicted octanol–water partition coefficient (Wildman–Crippen LogP) is 1.72. The lowest BCUT2D eigenvalue weighted by Crippen LogP contribution is -2.40. The van der Waals surface area contributed by atoms with Crippen molar-refractivity contribution in [2.24, 2.45) is 0 Å². The minimum atomic E-state index is -0.497. The molecule has 106 valence electrons. The van der Waals surface area contributed by atoms with Crippen molar-refractivity contribution in [1.29, 1.82) is 0 Å². The molecular formula is C12H24N2O3S. The summed E-state index contributed by atoms with van der Waals surface area (Å²) in [7, 11) is 0. The summed E-state index contributed by atoms with van der Waals surface area (Å²) in [6, 6.07) is 0. The lowest BCUT2D eigenvalue weighted by molar-refractivity contribution is -0.128. The molecule has 0 unspecified atom stereocenters. The highest BCUT2D eigenvalue weighted by molar-refractivity contribution is 7.98. The first-order chi connectivity index (χ1) is 8.26. The van der Waals surface area contributed by atoms with Crippen molar-refractivity contribution in [1.82, 2.24) is 10.2 Å². The second-order valence-corrected chi connectivity index (χ2v) is 5.91. The number of hydrogen-bond donors (Lipinski definition) is 1. The van der Waals surface area contributed by atoms with E-state index in [0.29, 0.717) is 19.6 Å². The molecule has 0 aromatic heterocycles. The van der Waals surface area contributed by atoms with Gasteiger partial charge in [0.1, 0.15) is 5.60 Å². The van der Waals surface area contributed by atoms with Crippen LogP contribution in [0.3, 0.4) is 0 Å². The molecule has 6 heteroatoms. The Labute approximate surface area is 114 Å². The molecule has 0 rings (SSSR count). The van der Waals surface area contributed by atoms with E-state index in [1.54, 1.807) is 16.7 Å². The van der Waals surface area contributed by atoms with Crippen molar-refractivity contribution in [2.75, 3.05) is 31.6 Å². The number of alkyl carbamates (subject to hydrolysis) is 1. The summed E-state index contributed by atoms with van der Waals surface area (Å²) in [6.45, 7) is 8.59. The van der Waals surface area contributed by atoms with E-state index in [1.807, 2.05) is 27.0 Å². The van der Waals surface area contributed by atoms with Crippen LogP contribution in [-0.2, 0) is 9.53 Å². The van der Waals surface area contributed by atoms with Crippen LogP contribution in [-0.4, -0.2) is 54.1 Å². The van der Waals surface area contributed by atoms with E-state index in [2.05, 4.69) is 5.32 Å². The molecule has 5 nitrogen and oxygen atoms in total. The summed E-state index contributed by atoms with van der Waals surface area (Å²) in [6.07, 6.45) is 1.55. The molecule has 0 atom stereocenters. The predicted molar refractivity (Wildman–Crippen MR) is 74.9 cm³/mol. The Morgan fingerprint density at radius 1 is 1.28 bits per heavy atom. The largest absolute Gasteiger partial charge is 0.444 e. The molecule has 0 bridgehead atoms. The summed E-state index contributed by atoms with van der Waals surface area (Å²) < 4.78 is 5.10. The maximum Gasteiger partial charge on any atom is 0.407 e. The standard InChI is InChI=1S/C12H24N2O3S/c1-10(15)14(8-9-18-5)7-6-13-11(16)17-12(2,3)4/h6-9H2,1-5H3,(H,13,16). The number of carbonyl (C=O) groups is 2. The van der Waals surface area contributed by atoms with E-state index in [0.717, 1.165) is 5.75 Å². The third kappa shape index (κ3) is 9.15. The molecule has 0 heterocycles. The van der Waals surface area contributed by atoms with E-state index >= 15 is 0 Å². The summed E-state index contributed by atoms with van der Waals surface area (Å²) in [4.78, 5) is 24.4. The fourth-order valence-electron chi connectivity index (χ4n) is 1.24. The molecule has 0 aliphatic rings. The smallest absolute Gasteiger partial charge is 0.407 e. The molecule has 0 aliphatic carbocycles. The zero-order chi connectivity index (χ0) is 14.2. The molecule has 18 heavy (non-hydrogen) atoms. The van der Waals surface area contributed by atoms with Gasteiger partial charge in [-0.3, -0.25) is 4.79 Å². The Hall–Kier alpha value is -0.910. The van der Waals surface area contributed by atoms with Crippen LogP contribution in [0, 0.1) is 0 Å². The number of thioether (sulfide) groups is 1. The minimum absolute atomic E-state index is 0.0232. The summed E-state index contributed by atoms with van der Waals surface area (Å²) in [5.74, 6) is 0.918. The fraction of sp³-hybridized carbons (Fsp3) is 0.833. The summed E-state index contributed by atoms with van der Waals surface area (Å²) in [5, 5.41) is 2.64. The van der Waals surface area contributed by atoms with Gasteiger partial charge in [0, 0.05) is 32.3 Å². The van der Waals surface area contributed by atoms with Crippen LogP contribution in [0.25, 0.3) is 0 Å². The number of nitrogens with one attached hydrogen (secondary N) is 1. The van der Waals surface area contributed by atoms with Gasteiger partial charge in [0.15, 0.2) is 0 Å². The van der Waals surface area contributed by atoms with Crippen LogP contribution in [0.1, 0.15) is 27.7 Å². The maximum absolute atomic E-state index is 11.4. The van der Waals surface area contributed by atoms with E-state index in [9.17, 15) is 9.59 Å². The van der Waals surface area contributed by atoms with Crippen LogP contribution in [0.2, 0.25) is 0 Å². The van der Waals surface area contributed by atoms with Crippen molar-refractivity contribution in [3.05, 3.63) is 0 Å². The Morgan fingerprint density at radius 2 is 1.89 bits per heavy atom. The van der Waals surface area contributed by atoms with Crippen LogP contribution < -0.4 is 5.32 Å². The van der Waals surface area contributed by atoms with Crippen molar-refractivity contribution in [3.8, 4) is 0 Å². The maximum atomic E-state index is 11.4. The zero-order valence-electron chi connectivity index (χ0n) is 11.9. The Kier molecular flexibility index (Phi) is 7.82. The molecule has 0 saturated carbocycles. The van der Waals surface area contributed by atoms with Gasteiger partial charge >= 0.3 is 6.09 Å². The van der Waals surface area contributed by atoms with Crippen LogP contribution >= 0.6 is 11.8 Å². The van der Waals surface area contributed by atoms with Crippen molar-refractivity contribution in [3.63, 3.8) is 0 Å². The average Bonchev–Trinajstić information content (AvgIpc) is 2.19. The van der Waals surface area contributed by atoms with Gasteiger partial charge in [-0.1, -0.05) is 0 Å². The van der Waals surface area contributed by atoms with Gasteiger partial charge in [0.2, 0.25) is 5.91 Å². The lowest BCUT2D eigenvalue weighted by atomic mass is 10.2. The number of carbonyl (C=O) groups excluding carboxylic acids is 2. The van der Waals surface area contributed by atoms with E-state index < -0.39 is 11.7 Å². The number of amides is 2. The molecular weight excluding hydrogens is 252 g/mol. The zero-order valence-corrected chi connectivity index (χ0v) is 12.7. The Bertz CT molecular complexity index is 277. The first kappa shape index (κ1) is 17.1. The second kappa shape index (κ2) is 8.24. The van der Waals surface area contributed by atoms with Gasteiger partial charge in [-0.2, -0.15) is 11.8 Å². The summed E-state index contributed by atoms with van der Waals surface area (Å²) in [5.41, 5.74) is -0.497. The van der Waals surface area contributed by atoms with Crippen LogP contribution in [0.5, 0.6) is 0 Å². The average molecular weight is 276 g/mol. The van der Waals surface area contributed by atoms with Gasteiger partial charge in [0.05, 0.1) is 0 Å². The molecule has 2 amide bonds. The number of rotatable bonds is 6. The van der Waals surface area contributed by atoms with E-state index in [-0.39, 0.29) is 5.91 Å². The summed E-state index contributed by atoms with van der Waals surface area (Å²) >= 11 is 1.69. The molecule has 0 aromatic rings. The number of nitrogens with zero attached hydrogens (tertiary/aromatic N) is 1. The SMILES string of the molecule is CSCCN(CCNC(=O)OC(C)(C)C)C(C)=O. The second-order valence-electron chi connectivity index (χ2n) is 4.93. The molecule has 0 fully saturated rings. The first-order valence-corrected chi connectivity index (χ1v) is 7.37. The van der Waals surface area contributed by atoms with Gasteiger partial charge in [-0.05, 0) is 27.0 Å².